The molecule has 0 unspecified atom stereocenters. The van der Waals surface area contributed by atoms with Gasteiger partial charge in [0.25, 0.3) is 5.56 Å². The maximum absolute atomic E-state index is 12.6. The van der Waals surface area contributed by atoms with Crippen molar-refractivity contribution in [2.45, 2.75) is 19.4 Å². The Morgan fingerprint density at radius 2 is 1.90 bits per heavy atom. The SMILES string of the molecule is CC(=O)N1N=C(c2c(O)n(-c3cccc(Cl)c3)c(=O)[nH]c2=O)C[C@H]1c1ccccc1. The predicted octanol–water partition coefficient (Wildman–Crippen LogP) is 2.58. The fourth-order valence-electron chi connectivity index (χ4n) is 3.53. The number of rotatable bonds is 3. The highest BCUT2D eigenvalue weighted by molar-refractivity contribution is 6.30. The Hall–Kier alpha value is -3.65. The Labute approximate surface area is 175 Å². The van der Waals surface area contributed by atoms with E-state index in [-0.39, 0.29) is 29.3 Å². The van der Waals surface area contributed by atoms with Crippen molar-refractivity contribution in [2.24, 2.45) is 5.10 Å². The number of carbonyl (C=O) groups is 1. The molecule has 0 radical (unpaired) electrons. The fourth-order valence-corrected chi connectivity index (χ4v) is 3.71. The minimum Gasteiger partial charge on any atom is -0.493 e. The van der Waals surface area contributed by atoms with Crippen LogP contribution in [0.1, 0.15) is 30.5 Å². The van der Waals surface area contributed by atoms with Gasteiger partial charge in [-0.1, -0.05) is 48.0 Å². The lowest BCUT2D eigenvalue weighted by atomic mass is 9.99. The van der Waals surface area contributed by atoms with E-state index in [4.69, 9.17) is 11.6 Å². The van der Waals surface area contributed by atoms with Gasteiger partial charge in [-0.3, -0.25) is 14.6 Å². The smallest absolute Gasteiger partial charge is 0.335 e. The van der Waals surface area contributed by atoms with Crippen molar-refractivity contribution in [2.75, 3.05) is 0 Å². The van der Waals surface area contributed by atoms with Crippen LogP contribution in [0.2, 0.25) is 5.02 Å². The second kappa shape index (κ2) is 7.64. The molecule has 0 bridgehead atoms. The van der Waals surface area contributed by atoms with Crippen molar-refractivity contribution < 1.29 is 9.90 Å². The summed E-state index contributed by atoms with van der Waals surface area (Å²) in [5, 5.41) is 16.8. The summed E-state index contributed by atoms with van der Waals surface area (Å²) in [6, 6.07) is 15.1. The van der Waals surface area contributed by atoms with Gasteiger partial charge in [-0.2, -0.15) is 5.10 Å². The summed E-state index contributed by atoms with van der Waals surface area (Å²) in [6.07, 6.45) is 0.202. The molecule has 2 N–H and O–H groups in total. The van der Waals surface area contributed by atoms with Crippen LogP contribution < -0.4 is 11.2 Å². The van der Waals surface area contributed by atoms with Gasteiger partial charge in [-0.15, -0.1) is 0 Å². The van der Waals surface area contributed by atoms with Crippen LogP contribution in [-0.4, -0.2) is 31.3 Å². The van der Waals surface area contributed by atoms with Crippen molar-refractivity contribution in [1.82, 2.24) is 14.6 Å². The van der Waals surface area contributed by atoms with Crippen LogP contribution in [0.5, 0.6) is 5.88 Å². The number of nitrogens with one attached hydrogen (secondary N) is 1. The van der Waals surface area contributed by atoms with Gasteiger partial charge in [0.15, 0.2) is 0 Å². The summed E-state index contributed by atoms with van der Waals surface area (Å²) in [5.74, 6) is -0.875. The Kier molecular flexibility index (Phi) is 5.01. The van der Waals surface area contributed by atoms with Crippen LogP contribution >= 0.6 is 11.6 Å². The lowest BCUT2D eigenvalue weighted by Gasteiger charge is -2.20. The maximum atomic E-state index is 12.6. The monoisotopic (exact) mass is 424 g/mol. The Bertz CT molecular complexity index is 1280. The van der Waals surface area contributed by atoms with Crippen LogP contribution in [0.3, 0.4) is 0 Å². The van der Waals surface area contributed by atoms with Crippen molar-refractivity contribution in [1.29, 1.82) is 0 Å². The van der Waals surface area contributed by atoms with Gasteiger partial charge >= 0.3 is 5.69 Å². The number of hydrazone groups is 1. The van der Waals surface area contributed by atoms with Crippen molar-refractivity contribution in [3.63, 3.8) is 0 Å². The van der Waals surface area contributed by atoms with E-state index in [1.54, 1.807) is 18.2 Å². The number of hydrogen-bond acceptors (Lipinski definition) is 5. The number of halogens is 1. The quantitative estimate of drug-likeness (QED) is 0.673. The lowest BCUT2D eigenvalue weighted by Crippen LogP contribution is -2.33. The van der Waals surface area contributed by atoms with Gasteiger partial charge in [-0.05, 0) is 23.8 Å². The first-order valence-corrected chi connectivity index (χ1v) is 9.51. The molecule has 1 aliphatic heterocycles. The third-order valence-electron chi connectivity index (χ3n) is 4.86. The molecule has 0 saturated heterocycles. The molecule has 0 saturated carbocycles. The Morgan fingerprint density at radius 3 is 2.57 bits per heavy atom. The minimum absolute atomic E-state index is 0.167. The van der Waals surface area contributed by atoms with E-state index >= 15 is 0 Å². The van der Waals surface area contributed by atoms with Crippen LogP contribution in [0.4, 0.5) is 0 Å². The standard InChI is InChI=1S/C21H17ClN4O4/c1-12(27)26-17(13-6-3-2-4-7-13)11-16(24-26)18-19(28)23-21(30)25(20(18)29)15-9-5-8-14(22)10-15/h2-10,17,29H,11H2,1H3,(H,23,28,30)/t17-/m0/s1. The molecule has 2 aromatic carbocycles. The van der Waals surface area contributed by atoms with E-state index < -0.39 is 23.2 Å². The molecule has 1 aromatic heterocycles. The zero-order valence-electron chi connectivity index (χ0n) is 15.9. The van der Waals surface area contributed by atoms with Crippen LogP contribution in [0.25, 0.3) is 5.69 Å². The Balaban J connectivity index is 1.86. The summed E-state index contributed by atoms with van der Waals surface area (Å²) in [7, 11) is 0. The van der Waals surface area contributed by atoms with Gasteiger partial charge in [0.1, 0.15) is 5.56 Å². The molecule has 3 aromatic rings. The highest BCUT2D eigenvalue weighted by Crippen LogP contribution is 2.33. The zero-order valence-corrected chi connectivity index (χ0v) is 16.6. The second-order valence-electron chi connectivity index (χ2n) is 6.81. The average Bonchev–Trinajstić information content (AvgIpc) is 3.13. The normalized spacial score (nSPS) is 15.9. The molecule has 1 amide bonds. The van der Waals surface area contributed by atoms with E-state index in [1.807, 2.05) is 30.3 Å². The summed E-state index contributed by atoms with van der Waals surface area (Å²) in [4.78, 5) is 39.3. The molecule has 2 heterocycles. The first-order chi connectivity index (χ1) is 14.4. The van der Waals surface area contributed by atoms with Crippen molar-refractivity contribution >= 4 is 23.2 Å². The van der Waals surface area contributed by atoms with E-state index in [9.17, 15) is 19.5 Å². The largest absolute Gasteiger partial charge is 0.493 e. The summed E-state index contributed by atoms with van der Waals surface area (Å²) < 4.78 is 0.944. The van der Waals surface area contributed by atoms with Gasteiger partial charge in [0.05, 0.1) is 17.4 Å². The maximum Gasteiger partial charge on any atom is 0.335 e. The number of carbonyl (C=O) groups excluding carboxylic acids is 1. The third-order valence-corrected chi connectivity index (χ3v) is 5.09. The first kappa shape index (κ1) is 19.7. The molecule has 0 aliphatic carbocycles. The number of H-pyrrole nitrogens is 1. The highest BCUT2D eigenvalue weighted by Gasteiger charge is 2.34. The number of aromatic hydroxyl groups is 1. The predicted molar refractivity (Wildman–Crippen MR) is 112 cm³/mol. The van der Waals surface area contributed by atoms with Crippen molar-refractivity contribution in [3.8, 4) is 11.6 Å². The molecule has 152 valence electrons. The van der Waals surface area contributed by atoms with Crippen LogP contribution in [-0.2, 0) is 4.79 Å². The van der Waals surface area contributed by atoms with E-state index in [0.29, 0.717) is 5.02 Å². The number of nitrogens with zero attached hydrogens (tertiary/aromatic N) is 3. The van der Waals surface area contributed by atoms with Crippen molar-refractivity contribution in [3.05, 3.63) is 91.6 Å². The molecule has 0 fully saturated rings. The molecule has 1 atom stereocenters. The number of amides is 1. The van der Waals surface area contributed by atoms with Crippen LogP contribution in [0.15, 0.2) is 69.3 Å². The number of aromatic nitrogens is 2. The van der Waals surface area contributed by atoms with E-state index in [0.717, 1.165) is 10.1 Å². The molecule has 4 rings (SSSR count). The van der Waals surface area contributed by atoms with Gasteiger partial charge < -0.3 is 5.11 Å². The number of benzene rings is 2. The zero-order chi connectivity index (χ0) is 21.4. The lowest BCUT2D eigenvalue weighted by molar-refractivity contribution is -0.130. The fraction of sp³-hybridized carbons (Fsp3) is 0.143. The molecule has 8 nitrogen and oxygen atoms in total. The number of aromatic amines is 1. The first-order valence-electron chi connectivity index (χ1n) is 9.13. The second-order valence-corrected chi connectivity index (χ2v) is 7.25. The Morgan fingerprint density at radius 1 is 1.17 bits per heavy atom. The summed E-state index contributed by atoms with van der Waals surface area (Å²) in [6.45, 7) is 1.37. The summed E-state index contributed by atoms with van der Waals surface area (Å²) >= 11 is 6.00. The van der Waals surface area contributed by atoms with Gasteiger partial charge in [0, 0.05) is 18.4 Å². The topological polar surface area (TPSA) is 108 Å². The van der Waals surface area contributed by atoms with E-state index in [1.165, 1.54) is 18.0 Å². The number of hydrogen-bond donors (Lipinski definition) is 2. The summed E-state index contributed by atoms with van der Waals surface area (Å²) in [5.41, 5.74) is -0.445. The molecule has 1 aliphatic rings. The molecule has 0 spiro atoms. The average molecular weight is 425 g/mol. The molecular weight excluding hydrogens is 408 g/mol. The third kappa shape index (κ3) is 3.42. The molecule has 9 heteroatoms. The van der Waals surface area contributed by atoms with Gasteiger partial charge in [-0.25, -0.2) is 14.4 Å². The minimum atomic E-state index is -0.815. The molecule has 30 heavy (non-hydrogen) atoms. The van der Waals surface area contributed by atoms with Gasteiger partial charge in [0.2, 0.25) is 11.8 Å². The van der Waals surface area contributed by atoms with Crippen LogP contribution in [0, 0.1) is 0 Å². The van der Waals surface area contributed by atoms with E-state index in [2.05, 4.69) is 10.1 Å². The molecular formula is C21H17ClN4O4. The highest BCUT2D eigenvalue weighted by atomic mass is 35.5.